The van der Waals surface area contributed by atoms with Crippen LogP contribution in [0.15, 0.2) is 18.5 Å². The minimum atomic E-state index is -0.296. The Balaban J connectivity index is 2.78. The first-order valence-corrected chi connectivity index (χ1v) is 4.37. The van der Waals surface area contributed by atoms with E-state index < -0.39 is 0 Å². The smallest absolute Gasteiger partial charge is 0.137 e. The Kier molecular flexibility index (Phi) is 3.59. The van der Waals surface area contributed by atoms with Gasteiger partial charge in [-0.15, -0.1) is 0 Å². The molecule has 0 aliphatic rings. The van der Waals surface area contributed by atoms with Crippen LogP contribution in [0.3, 0.4) is 0 Å². The van der Waals surface area contributed by atoms with Crippen molar-refractivity contribution in [3.63, 3.8) is 0 Å². The van der Waals surface area contributed by atoms with Gasteiger partial charge in [0.2, 0.25) is 0 Å². The van der Waals surface area contributed by atoms with Crippen LogP contribution >= 0.6 is 0 Å². The van der Waals surface area contributed by atoms with Crippen LogP contribution in [0.4, 0.5) is 0 Å². The maximum absolute atomic E-state index is 10.9. The monoisotopic (exact) mass is 194 g/mol. The van der Waals surface area contributed by atoms with Crippen molar-refractivity contribution >= 4 is 5.78 Å². The van der Waals surface area contributed by atoms with Gasteiger partial charge in [-0.25, -0.2) is 0 Å². The fourth-order valence-electron chi connectivity index (χ4n) is 1.18. The third kappa shape index (κ3) is 2.81. The van der Waals surface area contributed by atoms with E-state index in [0.717, 1.165) is 5.56 Å². The molecule has 0 radical (unpaired) electrons. The van der Waals surface area contributed by atoms with E-state index in [1.54, 1.807) is 25.6 Å². The number of nitrogens with zero attached hydrogens (tertiary/aromatic N) is 1. The average molecular weight is 194 g/mol. The van der Waals surface area contributed by atoms with Crippen LogP contribution in [0, 0.1) is 0 Å². The van der Waals surface area contributed by atoms with E-state index in [1.165, 1.54) is 6.92 Å². The minimum Gasteiger partial charge on any atom is -0.495 e. The number of carbonyl (C=O) groups is 1. The highest BCUT2D eigenvalue weighted by Crippen LogP contribution is 2.18. The van der Waals surface area contributed by atoms with E-state index in [4.69, 9.17) is 10.5 Å². The SMILES string of the molecule is COc1cncc([C@@H](N)CC(C)=O)c1. The van der Waals surface area contributed by atoms with E-state index in [1.807, 2.05) is 0 Å². The molecule has 1 aromatic rings. The Hall–Kier alpha value is -1.42. The van der Waals surface area contributed by atoms with Crippen molar-refractivity contribution in [1.82, 2.24) is 4.98 Å². The van der Waals surface area contributed by atoms with Gasteiger partial charge in [0.25, 0.3) is 0 Å². The van der Waals surface area contributed by atoms with Crippen molar-refractivity contribution in [3.05, 3.63) is 24.0 Å². The second-order valence-electron chi connectivity index (χ2n) is 3.17. The summed E-state index contributed by atoms with van der Waals surface area (Å²) in [7, 11) is 1.57. The lowest BCUT2D eigenvalue weighted by atomic mass is 10.1. The topological polar surface area (TPSA) is 65.2 Å². The van der Waals surface area contributed by atoms with Gasteiger partial charge in [-0.3, -0.25) is 9.78 Å². The van der Waals surface area contributed by atoms with E-state index in [0.29, 0.717) is 12.2 Å². The zero-order valence-electron chi connectivity index (χ0n) is 8.36. The molecule has 0 unspecified atom stereocenters. The summed E-state index contributed by atoms with van der Waals surface area (Å²) in [6.07, 6.45) is 3.58. The van der Waals surface area contributed by atoms with E-state index >= 15 is 0 Å². The molecule has 76 valence electrons. The molecular weight excluding hydrogens is 180 g/mol. The number of carbonyl (C=O) groups excluding carboxylic acids is 1. The maximum Gasteiger partial charge on any atom is 0.137 e. The summed E-state index contributed by atoms with van der Waals surface area (Å²) < 4.78 is 5.01. The molecule has 1 atom stereocenters. The maximum atomic E-state index is 10.9. The van der Waals surface area contributed by atoms with Gasteiger partial charge in [0.1, 0.15) is 11.5 Å². The van der Waals surface area contributed by atoms with Crippen molar-refractivity contribution in [2.24, 2.45) is 5.73 Å². The van der Waals surface area contributed by atoms with Crippen molar-refractivity contribution in [1.29, 1.82) is 0 Å². The fourth-order valence-corrected chi connectivity index (χ4v) is 1.18. The second kappa shape index (κ2) is 4.72. The van der Waals surface area contributed by atoms with Gasteiger partial charge >= 0.3 is 0 Å². The summed E-state index contributed by atoms with van der Waals surface area (Å²) >= 11 is 0. The van der Waals surface area contributed by atoms with Crippen LogP contribution in [0.25, 0.3) is 0 Å². The first-order valence-electron chi connectivity index (χ1n) is 4.37. The van der Waals surface area contributed by atoms with Crippen molar-refractivity contribution < 1.29 is 9.53 Å². The highest BCUT2D eigenvalue weighted by Gasteiger charge is 2.09. The van der Waals surface area contributed by atoms with E-state index in [9.17, 15) is 4.79 Å². The van der Waals surface area contributed by atoms with Gasteiger partial charge in [0, 0.05) is 18.7 Å². The van der Waals surface area contributed by atoms with E-state index in [-0.39, 0.29) is 11.8 Å². The molecule has 0 saturated heterocycles. The second-order valence-corrected chi connectivity index (χ2v) is 3.17. The van der Waals surface area contributed by atoms with Crippen LogP contribution in [0.2, 0.25) is 0 Å². The molecule has 1 aromatic heterocycles. The van der Waals surface area contributed by atoms with Crippen LogP contribution in [0.5, 0.6) is 5.75 Å². The zero-order chi connectivity index (χ0) is 10.6. The fraction of sp³-hybridized carbons (Fsp3) is 0.400. The molecule has 0 spiro atoms. The van der Waals surface area contributed by atoms with Crippen molar-refractivity contribution in [3.8, 4) is 5.75 Å². The van der Waals surface area contributed by atoms with Gasteiger partial charge in [-0.2, -0.15) is 0 Å². The number of ether oxygens (including phenoxy) is 1. The number of rotatable bonds is 4. The number of aromatic nitrogens is 1. The molecule has 0 fully saturated rings. The van der Waals surface area contributed by atoms with Crippen molar-refractivity contribution in [2.45, 2.75) is 19.4 Å². The molecule has 0 aliphatic carbocycles. The molecule has 0 amide bonds. The Morgan fingerprint density at radius 2 is 2.36 bits per heavy atom. The molecule has 0 bridgehead atoms. The molecule has 1 rings (SSSR count). The third-order valence-corrected chi connectivity index (χ3v) is 1.91. The van der Waals surface area contributed by atoms with E-state index in [2.05, 4.69) is 4.98 Å². The van der Waals surface area contributed by atoms with Crippen molar-refractivity contribution in [2.75, 3.05) is 7.11 Å². The Morgan fingerprint density at radius 1 is 1.64 bits per heavy atom. The highest BCUT2D eigenvalue weighted by atomic mass is 16.5. The molecule has 0 aliphatic heterocycles. The Labute approximate surface area is 83.1 Å². The number of Topliss-reactive ketones (excluding diaryl/α,β-unsaturated/α-hetero) is 1. The van der Waals surface area contributed by atoms with Gasteiger partial charge in [0.05, 0.1) is 13.3 Å². The number of ketones is 1. The lowest BCUT2D eigenvalue weighted by molar-refractivity contribution is -0.117. The number of nitrogens with two attached hydrogens (primary N) is 1. The van der Waals surface area contributed by atoms with Crippen LogP contribution < -0.4 is 10.5 Å². The molecule has 0 saturated carbocycles. The number of hydrogen-bond donors (Lipinski definition) is 1. The summed E-state index contributed by atoms with van der Waals surface area (Å²) in [5, 5.41) is 0. The largest absolute Gasteiger partial charge is 0.495 e. The van der Waals surface area contributed by atoms with Crippen LogP contribution in [0.1, 0.15) is 24.9 Å². The Morgan fingerprint density at radius 3 is 2.93 bits per heavy atom. The quantitative estimate of drug-likeness (QED) is 0.778. The van der Waals surface area contributed by atoms with Gasteiger partial charge in [-0.05, 0) is 18.6 Å². The summed E-state index contributed by atoms with van der Waals surface area (Å²) in [5.41, 5.74) is 6.62. The van der Waals surface area contributed by atoms with Gasteiger partial charge in [0.15, 0.2) is 0 Å². The van der Waals surface area contributed by atoms with Gasteiger partial charge in [-0.1, -0.05) is 0 Å². The summed E-state index contributed by atoms with van der Waals surface area (Å²) in [5.74, 6) is 0.724. The molecule has 1 heterocycles. The zero-order valence-corrected chi connectivity index (χ0v) is 8.36. The van der Waals surface area contributed by atoms with Gasteiger partial charge < -0.3 is 10.5 Å². The van der Waals surface area contributed by atoms with Crippen LogP contribution in [-0.4, -0.2) is 17.9 Å². The minimum absolute atomic E-state index is 0.0697. The average Bonchev–Trinajstić information content (AvgIpc) is 2.17. The molecule has 14 heavy (non-hydrogen) atoms. The standard InChI is InChI=1S/C10H14N2O2/c1-7(13)3-10(11)8-4-9(14-2)6-12-5-8/h4-6,10H,3,11H2,1-2H3/t10-/m0/s1. The summed E-state index contributed by atoms with van der Waals surface area (Å²) in [6.45, 7) is 1.52. The lowest BCUT2D eigenvalue weighted by Gasteiger charge is -2.10. The summed E-state index contributed by atoms with van der Waals surface area (Å²) in [4.78, 5) is 14.8. The predicted molar refractivity (Wildman–Crippen MR) is 53.0 cm³/mol. The normalized spacial score (nSPS) is 12.2. The third-order valence-electron chi connectivity index (χ3n) is 1.91. The van der Waals surface area contributed by atoms with Crippen LogP contribution in [-0.2, 0) is 4.79 Å². The lowest BCUT2D eigenvalue weighted by Crippen LogP contribution is -2.14. The molecule has 4 nitrogen and oxygen atoms in total. The first-order chi connectivity index (χ1) is 6.63. The molecule has 2 N–H and O–H groups in total. The first kappa shape index (κ1) is 10.7. The molecule has 0 aromatic carbocycles. The highest BCUT2D eigenvalue weighted by molar-refractivity contribution is 5.76. The summed E-state index contributed by atoms with van der Waals surface area (Å²) in [6, 6.07) is 1.50. The Bertz CT molecular complexity index is 326. The number of hydrogen-bond acceptors (Lipinski definition) is 4. The molecule has 4 heteroatoms. The molecular formula is C10H14N2O2. The predicted octanol–water partition coefficient (Wildman–Crippen LogP) is 1.07. The number of pyridine rings is 1. The number of methoxy groups -OCH3 is 1.